The first-order valence-electron chi connectivity index (χ1n) is 10.2. The smallest absolute Gasteiger partial charge is 0.234 e. The highest BCUT2D eigenvalue weighted by molar-refractivity contribution is 5.78. The number of para-hydroxylation sites is 1. The highest BCUT2D eigenvalue weighted by atomic mass is 16.2. The summed E-state index contributed by atoms with van der Waals surface area (Å²) in [6, 6.07) is 9.11. The van der Waals surface area contributed by atoms with E-state index in [2.05, 4.69) is 58.1 Å². The average Bonchev–Trinajstić information content (AvgIpc) is 2.67. The molecule has 2 aliphatic heterocycles. The van der Waals surface area contributed by atoms with Crippen molar-refractivity contribution in [3.8, 4) is 0 Å². The summed E-state index contributed by atoms with van der Waals surface area (Å²) in [4.78, 5) is 19.4. The Bertz CT molecular complexity index is 583. The maximum Gasteiger partial charge on any atom is 0.234 e. The van der Waals surface area contributed by atoms with Gasteiger partial charge in [-0.3, -0.25) is 14.6 Å². The van der Waals surface area contributed by atoms with E-state index in [9.17, 15) is 4.79 Å². The zero-order chi connectivity index (χ0) is 18.4. The number of hydrogen-bond acceptors (Lipinski definition) is 4. The molecule has 3 rings (SSSR count). The summed E-state index contributed by atoms with van der Waals surface area (Å²) in [5.41, 5.74) is 2.93. The fourth-order valence-electron chi connectivity index (χ4n) is 3.90. The predicted octanol–water partition coefficient (Wildman–Crippen LogP) is 1.97. The van der Waals surface area contributed by atoms with Crippen molar-refractivity contribution in [2.45, 2.75) is 39.2 Å². The maximum absolute atomic E-state index is 12.0. The van der Waals surface area contributed by atoms with Crippen LogP contribution in [0.2, 0.25) is 0 Å². The van der Waals surface area contributed by atoms with Crippen LogP contribution in [-0.4, -0.2) is 74.1 Å². The number of carbonyl (C=O) groups excluding carboxylic acids is 1. The van der Waals surface area contributed by atoms with Crippen LogP contribution < -0.4 is 10.2 Å². The highest BCUT2D eigenvalue weighted by Gasteiger charge is 2.21. The molecule has 0 spiro atoms. The molecule has 5 nitrogen and oxygen atoms in total. The molecule has 1 amide bonds. The van der Waals surface area contributed by atoms with Gasteiger partial charge in [0.2, 0.25) is 5.91 Å². The first-order valence-corrected chi connectivity index (χ1v) is 10.2. The number of aryl methyl sites for hydroxylation is 1. The Kier molecular flexibility index (Phi) is 6.92. The van der Waals surface area contributed by atoms with Crippen LogP contribution in [0.15, 0.2) is 24.3 Å². The fraction of sp³-hybridized carbons (Fsp3) is 0.667. The van der Waals surface area contributed by atoms with Gasteiger partial charge in [0.15, 0.2) is 0 Å². The molecule has 1 N–H and O–H groups in total. The van der Waals surface area contributed by atoms with Gasteiger partial charge in [0.1, 0.15) is 0 Å². The molecule has 144 valence electrons. The zero-order valence-corrected chi connectivity index (χ0v) is 16.4. The van der Waals surface area contributed by atoms with Crippen molar-refractivity contribution in [3.63, 3.8) is 0 Å². The van der Waals surface area contributed by atoms with Crippen LogP contribution in [0.25, 0.3) is 0 Å². The van der Waals surface area contributed by atoms with Gasteiger partial charge < -0.3 is 10.2 Å². The molecular formula is C21H34N4O. The van der Waals surface area contributed by atoms with Crippen molar-refractivity contribution in [3.05, 3.63) is 29.8 Å². The van der Waals surface area contributed by atoms with Gasteiger partial charge in [0.05, 0.1) is 6.54 Å². The van der Waals surface area contributed by atoms with Crippen LogP contribution >= 0.6 is 0 Å². The number of carbonyl (C=O) groups is 1. The van der Waals surface area contributed by atoms with Crippen molar-refractivity contribution in [2.75, 3.05) is 57.3 Å². The third kappa shape index (κ3) is 5.21. The van der Waals surface area contributed by atoms with E-state index in [0.717, 1.165) is 45.7 Å². The number of rotatable bonds is 7. The molecule has 2 aliphatic rings. The van der Waals surface area contributed by atoms with Gasteiger partial charge in [-0.15, -0.1) is 0 Å². The van der Waals surface area contributed by atoms with Crippen LogP contribution in [-0.2, 0) is 11.2 Å². The molecular weight excluding hydrogens is 324 g/mol. The van der Waals surface area contributed by atoms with E-state index in [1.54, 1.807) is 0 Å². The Labute approximate surface area is 158 Å². The van der Waals surface area contributed by atoms with Crippen molar-refractivity contribution < 1.29 is 4.79 Å². The maximum atomic E-state index is 12.0. The van der Waals surface area contributed by atoms with E-state index in [4.69, 9.17) is 0 Å². The molecule has 0 aliphatic carbocycles. The van der Waals surface area contributed by atoms with E-state index < -0.39 is 0 Å². The normalized spacial score (nSPS) is 19.8. The van der Waals surface area contributed by atoms with Crippen LogP contribution in [0, 0.1) is 0 Å². The van der Waals surface area contributed by atoms with E-state index in [0.29, 0.717) is 6.54 Å². The minimum Gasteiger partial charge on any atom is -0.370 e. The summed E-state index contributed by atoms with van der Waals surface area (Å²) in [7, 11) is 0. The van der Waals surface area contributed by atoms with Crippen LogP contribution in [0.4, 0.5) is 5.69 Å². The molecule has 0 radical (unpaired) electrons. The van der Waals surface area contributed by atoms with Crippen molar-refractivity contribution >= 4 is 11.6 Å². The minimum absolute atomic E-state index is 0.165. The molecule has 2 heterocycles. The first kappa shape index (κ1) is 19.2. The van der Waals surface area contributed by atoms with E-state index in [-0.39, 0.29) is 11.9 Å². The third-order valence-corrected chi connectivity index (χ3v) is 5.74. The van der Waals surface area contributed by atoms with Crippen LogP contribution in [0.1, 0.15) is 32.3 Å². The van der Waals surface area contributed by atoms with Gasteiger partial charge in [-0.25, -0.2) is 0 Å². The monoisotopic (exact) mass is 358 g/mol. The zero-order valence-electron chi connectivity index (χ0n) is 16.4. The quantitative estimate of drug-likeness (QED) is 0.809. The minimum atomic E-state index is 0.165. The Balaban J connectivity index is 1.39. The molecule has 1 aromatic carbocycles. The van der Waals surface area contributed by atoms with Crippen molar-refractivity contribution in [1.29, 1.82) is 0 Å². The number of hydrogen-bond donors (Lipinski definition) is 1. The molecule has 0 saturated carbocycles. The molecule has 1 fully saturated rings. The van der Waals surface area contributed by atoms with Crippen molar-refractivity contribution in [2.24, 2.45) is 0 Å². The van der Waals surface area contributed by atoms with E-state index in [1.807, 2.05) is 0 Å². The lowest BCUT2D eigenvalue weighted by atomic mass is 10.0. The number of nitrogens with one attached hydrogen (secondary N) is 1. The van der Waals surface area contributed by atoms with Gasteiger partial charge in [-0.2, -0.15) is 0 Å². The first-order chi connectivity index (χ1) is 12.7. The molecule has 0 unspecified atom stereocenters. The summed E-state index contributed by atoms with van der Waals surface area (Å²) < 4.78 is 0. The van der Waals surface area contributed by atoms with Crippen LogP contribution in [0.5, 0.6) is 0 Å². The van der Waals surface area contributed by atoms with Gasteiger partial charge in [0.25, 0.3) is 0 Å². The van der Waals surface area contributed by atoms with E-state index in [1.165, 1.54) is 30.6 Å². The van der Waals surface area contributed by atoms with Gasteiger partial charge in [0, 0.05) is 57.5 Å². The molecule has 1 saturated heterocycles. The second-order valence-electron chi connectivity index (χ2n) is 7.71. The molecule has 1 aromatic rings. The SMILES string of the molecule is CC[C@H](C)NC(=O)CN1CCN(CCN2CCCc3ccccc32)CC1. The lowest BCUT2D eigenvalue weighted by molar-refractivity contribution is -0.123. The highest BCUT2D eigenvalue weighted by Crippen LogP contribution is 2.26. The standard InChI is InChI=1S/C21H34N4O/c1-3-18(2)22-21(26)17-24-13-11-23(12-14-24)15-16-25-10-6-8-19-7-4-5-9-20(19)25/h4-5,7,9,18H,3,6,8,10-17H2,1-2H3,(H,22,26)/t18-/m0/s1. The number of anilines is 1. The largest absolute Gasteiger partial charge is 0.370 e. The number of nitrogens with zero attached hydrogens (tertiary/aromatic N) is 3. The number of amides is 1. The summed E-state index contributed by atoms with van der Waals surface area (Å²) in [6.07, 6.45) is 3.46. The summed E-state index contributed by atoms with van der Waals surface area (Å²) in [6.45, 7) is 12.2. The summed E-state index contributed by atoms with van der Waals surface area (Å²) in [5.74, 6) is 0.165. The molecule has 5 heteroatoms. The van der Waals surface area contributed by atoms with Crippen molar-refractivity contribution in [1.82, 2.24) is 15.1 Å². The molecule has 26 heavy (non-hydrogen) atoms. The summed E-state index contributed by atoms with van der Waals surface area (Å²) in [5, 5.41) is 3.06. The Morgan fingerprint density at radius 1 is 1.08 bits per heavy atom. The Hall–Kier alpha value is -1.59. The molecule has 0 bridgehead atoms. The van der Waals surface area contributed by atoms with E-state index >= 15 is 0 Å². The topological polar surface area (TPSA) is 38.8 Å². The summed E-state index contributed by atoms with van der Waals surface area (Å²) >= 11 is 0. The van der Waals surface area contributed by atoms with Crippen LogP contribution in [0.3, 0.4) is 0 Å². The third-order valence-electron chi connectivity index (χ3n) is 5.74. The van der Waals surface area contributed by atoms with Gasteiger partial charge >= 0.3 is 0 Å². The Morgan fingerprint density at radius 2 is 1.81 bits per heavy atom. The number of benzene rings is 1. The second kappa shape index (κ2) is 9.38. The lowest BCUT2D eigenvalue weighted by Gasteiger charge is -2.37. The van der Waals surface area contributed by atoms with Gasteiger partial charge in [-0.05, 0) is 37.8 Å². The second-order valence-corrected chi connectivity index (χ2v) is 7.71. The molecule has 1 atom stereocenters. The fourth-order valence-corrected chi connectivity index (χ4v) is 3.90. The molecule has 0 aromatic heterocycles. The average molecular weight is 359 g/mol. The predicted molar refractivity (Wildman–Crippen MR) is 108 cm³/mol. The Morgan fingerprint density at radius 3 is 2.58 bits per heavy atom. The lowest BCUT2D eigenvalue weighted by Crippen LogP contribution is -2.51. The number of fused-ring (bicyclic) bond motifs is 1. The van der Waals surface area contributed by atoms with Gasteiger partial charge in [-0.1, -0.05) is 25.1 Å². The number of piperazine rings is 1.